The van der Waals surface area contributed by atoms with Crippen LogP contribution >= 0.6 is 12.8 Å². The Hall–Kier alpha value is -4.29. The van der Waals surface area contributed by atoms with Crippen LogP contribution in [0.15, 0.2) is 18.2 Å². The first-order chi connectivity index (χ1) is 64.1. The van der Waals surface area contributed by atoms with Crippen LogP contribution < -0.4 is 0 Å². The maximum absolute atomic E-state index is 15.4. The summed E-state index contributed by atoms with van der Waals surface area (Å²) in [6, 6.07) is 6.32. The number of carbonyl (C=O) groups excluding carboxylic acids is 6. The van der Waals surface area contributed by atoms with Crippen molar-refractivity contribution in [1.29, 1.82) is 0 Å². The average molecular weight is 1970 g/mol. The van der Waals surface area contributed by atoms with Gasteiger partial charge < -0.3 is 82.9 Å². The molecular formula is C108H192N6O23S. The van der Waals surface area contributed by atoms with E-state index >= 15 is 28.8 Å². The van der Waals surface area contributed by atoms with E-state index in [1.165, 1.54) is 25.3 Å². The van der Waals surface area contributed by atoms with Gasteiger partial charge in [0.05, 0.1) is 116 Å². The molecule has 6 aliphatic rings. The number of unbranched alkanes of at least 4 members (excludes halogenated alkanes) is 3. The molecule has 0 saturated carbocycles. The van der Waals surface area contributed by atoms with E-state index in [2.05, 4.69) is 50.2 Å². The van der Waals surface area contributed by atoms with Crippen LogP contribution in [0.2, 0.25) is 0 Å². The highest BCUT2D eigenvalue weighted by Gasteiger charge is 2.55. The van der Waals surface area contributed by atoms with Crippen LogP contribution in [-0.4, -0.2) is 274 Å². The number of ether oxygens (including phenoxy) is 12. The lowest BCUT2D eigenvalue weighted by molar-refractivity contribution is -0.261. The van der Waals surface area contributed by atoms with E-state index < -0.39 is 107 Å². The number of hydrogen-bond acceptors (Lipinski definition) is 30. The van der Waals surface area contributed by atoms with Gasteiger partial charge >= 0.3 is 35.8 Å². The fraction of sp³-hybridized carbons (Fsp3) is 0.889. The minimum atomic E-state index is -1.72. The van der Waals surface area contributed by atoms with E-state index in [1.807, 2.05) is 159 Å². The molecule has 1 aromatic rings. The van der Waals surface area contributed by atoms with Gasteiger partial charge in [-0.1, -0.05) is 90.3 Å². The van der Waals surface area contributed by atoms with Crippen molar-refractivity contribution in [3.8, 4) is 0 Å². The highest BCUT2D eigenvalue weighted by molar-refractivity contribution is 7.77. The second kappa shape index (κ2) is 51.4. The molecule has 1 unspecified atom stereocenters. The summed E-state index contributed by atoms with van der Waals surface area (Å²) < 4.78 is 78.4. The monoisotopic (exact) mass is 1970 g/mol. The van der Waals surface area contributed by atoms with Gasteiger partial charge in [0.15, 0.2) is 16.2 Å². The minimum Gasteiger partial charge on any atom is -0.465 e. The lowest BCUT2D eigenvalue weighted by Crippen LogP contribution is -2.60. The highest BCUT2D eigenvalue weighted by Crippen LogP contribution is 2.47. The molecule has 138 heavy (non-hydrogen) atoms. The molecule has 0 spiro atoms. The van der Waals surface area contributed by atoms with Crippen molar-refractivity contribution in [3.63, 3.8) is 0 Å². The van der Waals surface area contributed by atoms with Gasteiger partial charge in [0.2, 0.25) is 0 Å². The van der Waals surface area contributed by atoms with E-state index in [1.54, 1.807) is 0 Å². The van der Waals surface area contributed by atoms with Crippen LogP contribution in [0.4, 0.5) is 0 Å². The van der Waals surface area contributed by atoms with Gasteiger partial charge in [-0.25, -0.2) is 4.31 Å². The van der Waals surface area contributed by atoms with Gasteiger partial charge in [0.25, 0.3) is 0 Å². The van der Waals surface area contributed by atoms with Crippen LogP contribution in [0.1, 0.15) is 416 Å². The minimum absolute atomic E-state index is 0.00970. The largest absolute Gasteiger partial charge is 0.465 e. The van der Waals surface area contributed by atoms with Gasteiger partial charge in [-0.15, -0.1) is 0 Å². The lowest BCUT2D eigenvalue weighted by atomic mass is 9.77. The van der Waals surface area contributed by atoms with E-state index in [9.17, 15) is 26.0 Å². The molecule has 30 heteroatoms. The number of piperidine rings is 6. The molecule has 1 atom stereocenters. The van der Waals surface area contributed by atoms with Crippen molar-refractivity contribution in [1.82, 2.24) is 29.6 Å². The Morgan fingerprint density at radius 2 is 0.399 bits per heavy atom. The van der Waals surface area contributed by atoms with Crippen molar-refractivity contribution in [3.05, 3.63) is 34.9 Å². The normalized spacial score (nSPS) is 22.7. The predicted octanol–water partition coefficient (Wildman–Crippen LogP) is 20.8. The van der Waals surface area contributed by atoms with E-state index in [4.69, 9.17) is 69.7 Å². The summed E-state index contributed by atoms with van der Waals surface area (Å²) in [5.74, 6) is -4.03. The maximum atomic E-state index is 15.4. The molecule has 0 aromatic heterocycles. The van der Waals surface area contributed by atoms with Crippen LogP contribution in [0.25, 0.3) is 0 Å². The summed E-state index contributed by atoms with van der Waals surface area (Å²) in [4.78, 5) is 92.1. The third-order valence-electron chi connectivity index (χ3n) is 30.4. The number of carbonyl (C=O) groups is 6. The Morgan fingerprint density at radius 3 is 0.551 bits per heavy atom. The zero-order valence-corrected chi connectivity index (χ0v) is 91.7. The van der Waals surface area contributed by atoms with Crippen molar-refractivity contribution in [2.24, 2.45) is 16.2 Å². The molecule has 0 radical (unpaired) electrons. The summed E-state index contributed by atoms with van der Waals surface area (Å²) in [6.45, 7) is 56.0. The predicted molar refractivity (Wildman–Crippen MR) is 536 cm³/mol. The number of hydroxylamine groups is 10. The third kappa shape index (κ3) is 33.4. The van der Waals surface area contributed by atoms with Gasteiger partial charge in [0, 0.05) is 105 Å². The van der Waals surface area contributed by atoms with Gasteiger partial charge in [0.1, 0.15) is 0 Å². The fourth-order valence-electron chi connectivity index (χ4n) is 23.8. The first-order valence-corrected chi connectivity index (χ1v) is 53.3. The molecule has 6 fully saturated rings. The lowest BCUT2D eigenvalue weighted by Gasteiger charge is -2.52. The van der Waals surface area contributed by atoms with Crippen LogP contribution in [0, 0.1) is 16.2 Å². The average Bonchev–Trinajstić information content (AvgIpc) is 0.783. The third-order valence-corrected chi connectivity index (χ3v) is 31.5. The van der Waals surface area contributed by atoms with Gasteiger partial charge in [-0.3, -0.25) is 28.8 Å². The van der Waals surface area contributed by atoms with Gasteiger partial charge in [-0.2, -0.15) is 25.3 Å². The van der Waals surface area contributed by atoms with E-state index in [0.717, 1.165) is 29.5 Å². The summed E-state index contributed by atoms with van der Waals surface area (Å²) in [5.41, 5.74) is -8.37. The van der Waals surface area contributed by atoms with Crippen molar-refractivity contribution in [2.45, 2.75) is 521 Å². The van der Waals surface area contributed by atoms with Crippen LogP contribution in [0.5, 0.6) is 0 Å². The topological polar surface area (TPSA) is 334 Å². The van der Waals surface area contributed by atoms with Crippen molar-refractivity contribution >= 4 is 48.6 Å². The molecule has 5 N–H and O–H groups in total. The van der Waals surface area contributed by atoms with E-state index in [0.29, 0.717) is 186 Å². The molecule has 798 valence electrons. The number of esters is 6. The first kappa shape index (κ1) is 121. The highest BCUT2D eigenvalue weighted by atomic mass is 32.1. The Labute approximate surface area is 837 Å². The summed E-state index contributed by atoms with van der Waals surface area (Å²) in [5, 5.41) is 62.4. The Bertz CT molecular complexity index is 3260. The van der Waals surface area contributed by atoms with Crippen LogP contribution in [-0.2, 0) is 105 Å². The number of thiol groups is 1. The molecular weight excluding hydrogens is 1780 g/mol. The molecule has 0 aliphatic carbocycles. The Morgan fingerprint density at radius 1 is 0.254 bits per heavy atom. The quantitative estimate of drug-likeness (QED) is 0.0116. The summed E-state index contributed by atoms with van der Waals surface area (Å²) in [7, 11) is 0. The molecule has 29 nitrogen and oxygen atoms in total. The second-order valence-electron chi connectivity index (χ2n) is 49.2. The number of hydrogen-bond donors (Lipinski definition) is 6. The Kier molecular flexibility index (Phi) is 44.9. The molecule has 0 bridgehead atoms. The molecule has 6 heterocycles. The molecule has 6 saturated heterocycles. The maximum Gasteiger partial charge on any atom is 0.323 e. The number of benzene rings is 1. The zero-order valence-electron chi connectivity index (χ0n) is 90.9. The zero-order chi connectivity index (χ0) is 103. The Balaban J connectivity index is 1.23. The molecule has 6 aliphatic heterocycles. The number of aryl methyl sites for hydroxylation is 3. The van der Waals surface area contributed by atoms with Crippen molar-refractivity contribution < 1.29 is 112 Å². The first-order valence-electron chi connectivity index (χ1n) is 52.9. The number of rotatable bonds is 57. The summed E-state index contributed by atoms with van der Waals surface area (Å²) >= 11 is 4.88. The van der Waals surface area contributed by atoms with Gasteiger partial charge in [-0.05, 0) is 337 Å². The second-order valence-corrected chi connectivity index (χ2v) is 49.6. The standard InChI is InChI=1S/C108H192N6O23S/c1-28-31-46-106(88(115)132-58-37-52-126-82-67-94(4,5)109(121)95(6,7)68-82,89(116)133-59-38-53-127-83-69-96(8,9)110(122)97(10,11)70-83)49-34-43-79-64-80(44-35-50-107(47-32-29-2,90(117)134-60-39-54-128-84-71-98(12,13)111(123)99(14,15)72-84)91(118)135-61-40-55-129-85-73-100(16,17)112(124)101(18,19)74-85)66-81(65-79)45-36-51-108(48-33-30-3,92(119)136-62-41-56-130-86-75-102(20,21)113(125)103(22,23)76-86)93(120)137-63-42-57-131-87-77-104(24,25)114(138)105(26,27)78-87/h64-66,82-87,121-125,138H,28-63,67-78H2,1-27H3. The molecule has 1 aromatic carbocycles. The fourth-order valence-corrected chi connectivity index (χ4v) is 24.0. The van der Waals surface area contributed by atoms with Crippen LogP contribution in [0.3, 0.4) is 0 Å². The molecule has 7 rings (SSSR count). The number of nitrogens with zero attached hydrogens (tertiary/aromatic N) is 6. The van der Waals surface area contributed by atoms with E-state index in [-0.39, 0.29) is 159 Å². The van der Waals surface area contributed by atoms with Crippen molar-refractivity contribution in [2.75, 3.05) is 79.3 Å². The molecule has 0 amide bonds. The smallest absolute Gasteiger partial charge is 0.323 e. The SMILES string of the molecule is CCCCC(CCCc1cc(CCCC(CCCC)(C(=O)OCCCOC2CC(C)(C)N(O)C(C)(C)C2)C(=O)OCCCOC2CC(C)(C)N(O)C(C)(C)C2)cc(CCCC(CCCC)(C(=O)OCCCOC2CC(C)(C)N(O)C(C)(C)C2)C(=O)OCCCOC2CC(C)(C)N(S)C(C)(C)C2)c1)(C(=O)OCCCOC1CC(C)(C)N(O)C(C)(C)C1)C(=O)OCCCOC1CC(C)(C)N(O)C(C)(C)C1. The summed E-state index contributed by atoms with van der Waals surface area (Å²) in [6.07, 6.45) is 15.2.